The maximum absolute atomic E-state index is 12.8. The van der Waals surface area contributed by atoms with Crippen LogP contribution in [0.4, 0.5) is 15.8 Å². The summed E-state index contributed by atoms with van der Waals surface area (Å²) >= 11 is 5.77. The fourth-order valence-electron chi connectivity index (χ4n) is 1.73. The molecule has 2 aromatic carbocycles. The highest BCUT2D eigenvalue weighted by atomic mass is 35.5. The van der Waals surface area contributed by atoms with Gasteiger partial charge < -0.3 is 15.8 Å². The molecule has 120 valence electrons. The van der Waals surface area contributed by atoms with Gasteiger partial charge in [0.25, 0.3) is 5.91 Å². The van der Waals surface area contributed by atoms with Crippen LogP contribution in [-0.4, -0.2) is 18.0 Å². The predicted octanol–water partition coefficient (Wildman–Crippen LogP) is 3.25. The zero-order valence-electron chi connectivity index (χ0n) is 12.2. The summed E-state index contributed by atoms with van der Waals surface area (Å²) in [6.45, 7) is 1.43. The molecule has 3 N–H and O–H groups in total. The van der Waals surface area contributed by atoms with E-state index in [0.29, 0.717) is 10.7 Å². The Kier molecular flexibility index (Phi) is 5.18. The van der Waals surface area contributed by atoms with Gasteiger partial charge in [0.05, 0.1) is 16.3 Å². The van der Waals surface area contributed by atoms with E-state index in [9.17, 15) is 14.0 Å². The van der Waals surface area contributed by atoms with Crippen LogP contribution in [0.1, 0.15) is 17.3 Å². The van der Waals surface area contributed by atoms with Crippen molar-refractivity contribution in [3.8, 4) is 0 Å². The van der Waals surface area contributed by atoms with Crippen LogP contribution in [0.5, 0.6) is 0 Å². The minimum Gasteiger partial charge on any atom is -0.449 e. The van der Waals surface area contributed by atoms with Gasteiger partial charge in [0.15, 0.2) is 6.10 Å². The summed E-state index contributed by atoms with van der Waals surface area (Å²) in [6.07, 6.45) is -1.04. The summed E-state index contributed by atoms with van der Waals surface area (Å²) in [5.41, 5.74) is 6.44. The Hall–Kier alpha value is -2.60. The molecule has 0 spiro atoms. The number of carbonyl (C=O) groups is 2. The van der Waals surface area contributed by atoms with Crippen molar-refractivity contribution in [2.45, 2.75) is 13.0 Å². The molecule has 0 aliphatic rings. The monoisotopic (exact) mass is 336 g/mol. The SMILES string of the molecule is C[C@H](OC(=O)c1ccc(Cl)c(N)c1)C(=O)Nc1ccc(F)cc1. The van der Waals surface area contributed by atoms with Crippen LogP contribution >= 0.6 is 11.6 Å². The van der Waals surface area contributed by atoms with Crippen molar-refractivity contribution in [2.24, 2.45) is 0 Å². The van der Waals surface area contributed by atoms with Gasteiger partial charge in [-0.15, -0.1) is 0 Å². The van der Waals surface area contributed by atoms with Crippen LogP contribution in [-0.2, 0) is 9.53 Å². The van der Waals surface area contributed by atoms with E-state index in [0.717, 1.165) is 0 Å². The smallest absolute Gasteiger partial charge is 0.338 e. The van der Waals surface area contributed by atoms with Crippen LogP contribution in [0.3, 0.4) is 0 Å². The van der Waals surface area contributed by atoms with Crippen LogP contribution in [0, 0.1) is 5.82 Å². The van der Waals surface area contributed by atoms with Gasteiger partial charge in [-0.3, -0.25) is 4.79 Å². The van der Waals surface area contributed by atoms with Gasteiger partial charge in [-0.2, -0.15) is 0 Å². The molecule has 0 aliphatic heterocycles. The molecule has 1 amide bonds. The van der Waals surface area contributed by atoms with E-state index in [1.165, 1.54) is 49.4 Å². The van der Waals surface area contributed by atoms with E-state index in [2.05, 4.69) is 5.32 Å². The topological polar surface area (TPSA) is 81.4 Å². The maximum Gasteiger partial charge on any atom is 0.338 e. The number of halogens is 2. The van der Waals surface area contributed by atoms with Gasteiger partial charge in [0.1, 0.15) is 5.82 Å². The first-order valence-corrected chi connectivity index (χ1v) is 7.07. The predicted molar refractivity (Wildman–Crippen MR) is 85.8 cm³/mol. The lowest BCUT2D eigenvalue weighted by molar-refractivity contribution is -0.123. The highest BCUT2D eigenvalue weighted by Crippen LogP contribution is 2.20. The summed E-state index contributed by atoms with van der Waals surface area (Å²) in [6, 6.07) is 9.52. The third-order valence-corrected chi connectivity index (χ3v) is 3.34. The molecule has 0 fully saturated rings. The average molecular weight is 337 g/mol. The van der Waals surface area contributed by atoms with Gasteiger partial charge in [-0.25, -0.2) is 9.18 Å². The molecular formula is C16H14ClFN2O3. The number of carbonyl (C=O) groups excluding carboxylic acids is 2. The Morgan fingerprint density at radius 1 is 1.22 bits per heavy atom. The van der Waals surface area contributed by atoms with Gasteiger partial charge in [0.2, 0.25) is 0 Å². The fraction of sp³-hybridized carbons (Fsp3) is 0.125. The average Bonchev–Trinajstić information content (AvgIpc) is 2.52. The van der Waals surface area contributed by atoms with E-state index in [1.54, 1.807) is 0 Å². The number of rotatable bonds is 4. The maximum atomic E-state index is 12.8. The highest BCUT2D eigenvalue weighted by molar-refractivity contribution is 6.33. The van der Waals surface area contributed by atoms with Gasteiger partial charge >= 0.3 is 5.97 Å². The molecule has 0 radical (unpaired) electrons. The largest absolute Gasteiger partial charge is 0.449 e. The molecule has 23 heavy (non-hydrogen) atoms. The second-order valence-corrected chi connectivity index (χ2v) is 5.19. The summed E-state index contributed by atoms with van der Waals surface area (Å²) in [5, 5.41) is 2.84. The molecule has 2 rings (SSSR count). The number of nitrogen functional groups attached to an aromatic ring is 1. The number of benzene rings is 2. The number of nitrogens with two attached hydrogens (primary N) is 1. The number of nitrogens with one attached hydrogen (secondary N) is 1. The second kappa shape index (κ2) is 7.11. The first kappa shape index (κ1) is 16.8. The zero-order valence-corrected chi connectivity index (χ0v) is 12.9. The first-order valence-electron chi connectivity index (χ1n) is 6.69. The lowest BCUT2D eigenvalue weighted by atomic mass is 10.2. The number of esters is 1. The minimum atomic E-state index is -1.04. The molecule has 0 unspecified atom stereocenters. The number of hydrogen-bond donors (Lipinski definition) is 2. The van der Waals surface area contributed by atoms with Crippen molar-refractivity contribution in [1.82, 2.24) is 0 Å². The van der Waals surface area contributed by atoms with E-state index < -0.39 is 23.8 Å². The first-order chi connectivity index (χ1) is 10.9. The third-order valence-electron chi connectivity index (χ3n) is 3.00. The fourth-order valence-corrected chi connectivity index (χ4v) is 1.85. The number of amides is 1. The van der Waals surface area contributed by atoms with Gasteiger partial charge in [-0.05, 0) is 49.4 Å². The molecule has 0 heterocycles. The summed E-state index contributed by atoms with van der Waals surface area (Å²) in [5.74, 6) is -1.65. The van der Waals surface area contributed by atoms with E-state index in [1.807, 2.05) is 0 Å². The van der Waals surface area contributed by atoms with Crippen LogP contribution < -0.4 is 11.1 Å². The van der Waals surface area contributed by atoms with Crippen molar-refractivity contribution >= 4 is 34.9 Å². The molecule has 0 saturated carbocycles. The van der Waals surface area contributed by atoms with Gasteiger partial charge in [0, 0.05) is 5.69 Å². The van der Waals surface area contributed by atoms with Crippen molar-refractivity contribution in [2.75, 3.05) is 11.1 Å². The molecule has 5 nitrogen and oxygen atoms in total. The third kappa shape index (κ3) is 4.43. The second-order valence-electron chi connectivity index (χ2n) is 4.78. The van der Waals surface area contributed by atoms with Crippen LogP contribution in [0.25, 0.3) is 0 Å². The molecule has 7 heteroatoms. The van der Waals surface area contributed by atoms with Crippen molar-refractivity contribution in [1.29, 1.82) is 0 Å². The van der Waals surface area contributed by atoms with Crippen LogP contribution in [0.2, 0.25) is 5.02 Å². The van der Waals surface area contributed by atoms with Crippen LogP contribution in [0.15, 0.2) is 42.5 Å². The lowest BCUT2D eigenvalue weighted by Gasteiger charge is -2.14. The molecule has 2 aromatic rings. The number of anilines is 2. The number of ether oxygens (including phenoxy) is 1. The van der Waals surface area contributed by atoms with Crippen molar-refractivity contribution < 1.29 is 18.7 Å². The Bertz CT molecular complexity index is 735. The molecule has 1 atom stereocenters. The Labute approximate surface area is 137 Å². The Balaban J connectivity index is 1.98. The Morgan fingerprint density at radius 3 is 2.48 bits per heavy atom. The molecule has 0 aliphatic carbocycles. The quantitative estimate of drug-likeness (QED) is 0.663. The van der Waals surface area contributed by atoms with E-state index >= 15 is 0 Å². The molecule has 0 bridgehead atoms. The Morgan fingerprint density at radius 2 is 1.87 bits per heavy atom. The molecular weight excluding hydrogens is 323 g/mol. The molecule has 0 saturated heterocycles. The zero-order chi connectivity index (χ0) is 17.0. The van der Waals surface area contributed by atoms with E-state index in [4.69, 9.17) is 22.1 Å². The lowest BCUT2D eigenvalue weighted by Crippen LogP contribution is -2.30. The summed E-state index contributed by atoms with van der Waals surface area (Å²) in [7, 11) is 0. The highest BCUT2D eigenvalue weighted by Gasteiger charge is 2.19. The van der Waals surface area contributed by atoms with Crippen molar-refractivity contribution in [3.05, 3.63) is 58.9 Å². The van der Waals surface area contributed by atoms with Crippen molar-refractivity contribution in [3.63, 3.8) is 0 Å². The summed E-state index contributed by atoms with van der Waals surface area (Å²) < 4.78 is 17.9. The van der Waals surface area contributed by atoms with Gasteiger partial charge in [-0.1, -0.05) is 11.6 Å². The standard InChI is InChI=1S/C16H14ClFN2O3/c1-9(15(21)20-12-5-3-11(18)4-6-12)23-16(22)10-2-7-13(17)14(19)8-10/h2-9H,19H2,1H3,(H,20,21)/t9-/m0/s1. The normalized spacial score (nSPS) is 11.6. The number of hydrogen-bond acceptors (Lipinski definition) is 4. The molecule has 0 aromatic heterocycles. The van der Waals surface area contributed by atoms with E-state index in [-0.39, 0.29) is 11.3 Å². The minimum absolute atomic E-state index is 0.188. The summed E-state index contributed by atoms with van der Waals surface area (Å²) in [4.78, 5) is 23.9.